The Morgan fingerprint density at radius 1 is 1.06 bits per heavy atom. The monoisotopic (exact) mass is 421 g/mol. The van der Waals surface area contributed by atoms with Crippen LogP contribution < -0.4 is 5.32 Å². The van der Waals surface area contributed by atoms with Crippen LogP contribution >= 0.6 is 0 Å². The van der Waals surface area contributed by atoms with Crippen molar-refractivity contribution in [3.63, 3.8) is 0 Å². The molecule has 5 aliphatic carbocycles. The number of benzene rings is 1. The van der Waals surface area contributed by atoms with Crippen molar-refractivity contribution in [1.29, 1.82) is 0 Å². The number of carboxylic acids is 1. The first kappa shape index (κ1) is 19.0. The lowest BCUT2D eigenvalue weighted by Crippen LogP contribution is -2.63. The molecule has 5 fully saturated rings. The number of amides is 1. The maximum absolute atomic E-state index is 13.4. The maximum Gasteiger partial charge on any atom is 0.335 e. The number of nitrogens with zero attached hydrogens (tertiary/aromatic N) is 2. The van der Waals surface area contributed by atoms with Gasteiger partial charge in [0.05, 0.1) is 34.8 Å². The summed E-state index contributed by atoms with van der Waals surface area (Å²) in [5.41, 5.74) is 2.35. The van der Waals surface area contributed by atoms with E-state index in [-0.39, 0.29) is 23.1 Å². The van der Waals surface area contributed by atoms with Crippen molar-refractivity contribution in [2.45, 2.75) is 62.5 Å². The summed E-state index contributed by atoms with van der Waals surface area (Å²) in [5.74, 6) is 0.511. The van der Waals surface area contributed by atoms with Crippen LogP contribution in [0.4, 0.5) is 0 Å². The quantitative estimate of drug-likeness (QED) is 0.688. The lowest BCUT2D eigenvalue weighted by molar-refractivity contribution is -0.109. The van der Waals surface area contributed by atoms with Gasteiger partial charge in [-0.1, -0.05) is 0 Å². The van der Waals surface area contributed by atoms with Crippen LogP contribution in [0.25, 0.3) is 5.69 Å². The van der Waals surface area contributed by atoms with Crippen LogP contribution in [0.5, 0.6) is 0 Å². The van der Waals surface area contributed by atoms with E-state index >= 15 is 0 Å². The van der Waals surface area contributed by atoms with Crippen LogP contribution in [0, 0.1) is 17.8 Å². The minimum atomic E-state index is -0.963. The number of carboxylic acid groups (broad SMARTS) is 1. The molecule has 7 nitrogen and oxygen atoms in total. The Morgan fingerprint density at radius 2 is 1.74 bits per heavy atom. The summed E-state index contributed by atoms with van der Waals surface area (Å²) < 4.78 is 1.79. The summed E-state index contributed by atoms with van der Waals surface area (Å²) in [6, 6.07) is 6.61. The third-order valence-corrected chi connectivity index (χ3v) is 7.98. The van der Waals surface area contributed by atoms with Crippen molar-refractivity contribution in [2.75, 3.05) is 0 Å². The first-order valence-corrected chi connectivity index (χ1v) is 11.3. The van der Waals surface area contributed by atoms with Gasteiger partial charge in [-0.05, 0) is 87.0 Å². The van der Waals surface area contributed by atoms with Gasteiger partial charge in [-0.25, -0.2) is 9.48 Å². The molecule has 2 aromatic rings. The van der Waals surface area contributed by atoms with E-state index in [1.807, 2.05) is 0 Å². The topological polar surface area (TPSA) is 104 Å². The number of hydrogen-bond acceptors (Lipinski definition) is 4. The number of carbonyl (C=O) groups excluding carboxylic acids is 1. The van der Waals surface area contributed by atoms with E-state index in [1.54, 1.807) is 35.1 Å². The first-order valence-electron chi connectivity index (χ1n) is 11.3. The van der Waals surface area contributed by atoms with E-state index in [4.69, 9.17) is 5.11 Å². The van der Waals surface area contributed by atoms with Crippen LogP contribution in [0.3, 0.4) is 0 Å². The largest absolute Gasteiger partial charge is 0.478 e. The minimum absolute atomic E-state index is 0.0632. The molecular weight excluding hydrogens is 394 g/mol. The molecule has 31 heavy (non-hydrogen) atoms. The number of aromatic nitrogens is 2. The lowest BCUT2D eigenvalue weighted by atomic mass is 9.51. The van der Waals surface area contributed by atoms with Gasteiger partial charge in [0.2, 0.25) is 0 Å². The third kappa shape index (κ3) is 3.09. The fourth-order valence-corrected chi connectivity index (χ4v) is 6.69. The molecule has 2 atom stereocenters. The number of nitrogens with one attached hydrogen (secondary N) is 1. The van der Waals surface area contributed by atoms with Crippen LogP contribution in [-0.2, 0) is 0 Å². The predicted molar refractivity (Wildman–Crippen MR) is 112 cm³/mol. The molecule has 0 saturated heterocycles. The normalized spacial score (nSPS) is 33.5. The Hall–Kier alpha value is -2.67. The van der Waals surface area contributed by atoms with Crippen molar-refractivity contribution in [1.82, 2.24) is 15.1 Å². The second-order valence-electron chi connectivity index (χ2n) is 10.2. The Balaban J connectivity index is 1.29. The minimum Gasteiger partial charge on any atom is -0.478 e. The highest BCUT2D eigenvalue weighted by molar-refractivity contribution is 5.96. The summed E-state index contributed by atoms with van der Waals surface area (Å²) in [6.07, 6.45) is 8.45. The molecule has 1 heterocycles. The Labute approximate surface area is 180 Å². The molecule has 0 spiro atoms. The Bertz CT molecular complexity index is 1040. The molecule has 7 rings (SSSR count). The van der Waals surface area contributed by atoms with Crippen LogP contribution in [-0.4, -0.2) is 43.5 Å². The van der Waals surface area contributed by atoms with Crippen molar-refractivity contribution in [3.05, 3.63) is 47.3 Å². The highest BCUT2D eigenvalue weighted by Gasteiger charge is 2.55. The van der Waals surface area contributed by atoms with E-state index in [1.165, 1.54) is 0 Å². The molecule has 2 unspecified atom stereocenters. The first-order chi connectivity index (χ1) is 14.9. The number of aliphatic hydroxyl groups excluding tert-OH is 1. The van der Waals surface area contributed by atoms with Crippen molar-refractivity contribution in [3.8, 4) is 5.69 Å². The third-order valence-electron chi connectivity index (χ3n) is 7.98. The van der Waals surface area contributed by atoms with Gasteiger partial charge >= 0.3 is 5.97 Å². The fraction of sp³-hybridized carbons (Fsp3) is 0.542. The molecule has 1 aromatic heterocycles. The molecule has 3 N–H and O–H groups in total. The fourth-order valence-electron chi connectivity index (χ4n) is 6.69. The van der Waals surface area contributed by atoms with Gasteiger partial charge in [0.25, 0.3) is 5.91 Å². The molecule has 5 saturated carbocycles. The van der Waals surface area contributed by atoms with Gasteiger partial charge in [0.15, 0.2) is 0 Å². The van der Waals surface area contributed by atoms with E-state index in [0.29, 0.717) is 29.2 Å². The van der Waals surface area contributed by atoms with Gasteiger partial charge < -0.3 is 15.5 Å². The summed E-state index contributed by atoms with van der Waals surface area (Å²) in [7, 11) is 0. The van der Waals surface area contributed by atoms with Crippen LogP contribution in [0.1, 0.15) is 77.3 Å². The standard InChI is InChI=1S/C24H27N3O4/c28-21-16-7-13-8-17(21)11-24(9-13,10-16)26-22(29)19-12-25-27(20(19)14-1-2-14)18-5-3-15(4-6-18)23(30)31/h3-6,12-14,16-17,21,28H,1-2,7-11H2,(H,26,29)(H,30,31)/t13?,16?,17?,21-,24+. The number of carbonyl (C=O) groups is 2. The highest BCUT2D eigenvalue weighted by atomic mass is 16.4. The van der Waals surface area contributed by atoms with E-state index < -0.39 is 5.97 Å². The number of rotatable bonds is 5. The van der Waals surface area contributed by atoms with Crippen LogP contribution in [0.15, 0.2) is 30.5 Å². The second kappa shape index (κ2) is 6.66. The van der Waals surface area contributed by atoms with Gasteiger partial charge in [0, 0.05) is 11.5 Å². The zero-order valence-electron chi connectivity index (χ0n) is 17.3. The molecular formula is C24H27N3O4. The molecule has 0 radical (unpaired) electrons. The van der Waals surface area contributed by atoms with Gasteiger partial charge in [0.1, 0.15) is 0 Å². The van der Waals surface area contributed by atoms with Crippen molar-refractivity contribution >= 4 is 11.9 Å². The van der Waals surface area contributed by atoms with Crippen LogP contribution in [0.2, 0.25) is 0 Å². The zero-order chi connectivity index (χ0) is 21.3. The maximum atomic E-state index is 13.4. The molecule has 4 bridgehead atoms. The zero-order valence-corrected chi connectivity index (χ0v) is 17.3. The van der Waals surface area contributed by atoms with E-state index in [2.05, 4.69) is 10.4 Å². The van der Waals surface area contributed by atoms with Gasteiger partial charge in [-0.15, -0.1) is 0 Å². The van der Waals surface area contributed by atoms with E-state index in [9.17, 15) is 14.7 Å². The predicted octanol–water partition coefficient (Wildman–Crippen LogP) is 3.12. The Kier molecular flexibility index (Phi) is 4.09. The number of aromatic carboxylic acids is 1. The Morgan fingerprint density at radius 3 is 2.35 bits per heavy atom. The lowest BCUT2D eigenvalue weighted by Gasteiger charge is -2.58. The molecule has 0 aliphatic heterocycles. The molecule has 162 valence electrons. The molecule has 1 amide bonds. The molecule has 5 aliphatic rings. The van der Waals surface area contributed by atoms with Crippen molar-refractivity contribution < 1.29 is 19.8 Å². The number of aliphatic hydroxyl groups is 1. The van der Waals surface area contributed by atoms with E-state index in [0.717, 1.165) is 56.3 Å². The van der Waals surface area contributed by atoms with Gasteiger partial charge in [-0.3, -0.25) is 4.79 Å². The van der Waals surface area contributed by atoms with Gasteiger partial charge in [-0.2, -0.15) is 5.10 Å². The van der Waals surface area contributed by atoms with Crippen molar-refractivity contribution in [2.24, 2.45) is 17.8 Å². The average Bonchev–Trinajstić information content (AvgIpc) is 3.48. The number of hydrogen-bond donors (Lipinski definition) is 3. The second-order valence-corrected chi connectivity index (χ2v) is 10.2. The summed E-state index contributed by atoms with van der Waals surface area (Å²) in [4.78, 5) is 24.6. The molecule has 1 aromatic carbocycles. The summed E-state index contributed by atoms with van der Waals surface area (Å²) in [5, 5.41) is 27.6. The summed E-state index contributed by atoms with van der Waals surface area (Å²) >= 11 is 0. The SMILES string of the molecule is O=C(O)c1ccc(-n2ncc(C(=O)N[C@]34CC5CC(C3)[C@H](O)C(C5)C4)c2C2CC2)cc1. The highest BCUT2D eigenvalue weighted by Crippen LogP contribution is 2.55. The summed E-state index contributed by atoms with van der Waals surface area (Å²) in [6.45, 7) is 0. The smallest absolute Gasteiger partial charge is 0.335 e. The molecule has 7 heteroatoms. The average molecular weight is 421 g/mol.